The zero-order chi connectivity index (χ0) is 27.7. The number of nitrogen functional groups attached to an aromatic ring is 1. The fourth-order valence-electron chi connectivity index (χ4n) is 4.27. The third-order valence-electron chi connectivity index (χ3n) is 6.03. The number of benzene rings is 2. The minimum Gasteiger partial charge on any atom is -0.459 e. The van der Waals surface area contributed by atoms with Crippen LogP contribution in [-0.4, -0.2) is 56.4 Å². The second-order valence-corrected chi connectivity index (χ2v) is 8.89. The molecule has 1 saturated heterocycles. The first-order valence-electron chi connectivity index (χ1n) is 11.5. The van der Waals surface area contributed by atoms with Crippen LogP contribution in [0.5, 0.6) is 0 Å². The molecule has 14 heteroatoms. The molecule has 0 spiro atoms. The van der Waals surface area contributed by atoms with Gasteiger partial charge in [-0.15, -0.1) is 0 Å². The number of hydrogen-bond acceptors (Lipinski definition) is 9. The Bertz CT molecular complexity index is 1500. The first kappa shape index (κ1) is 26.4. The van der Waals surface area contributed by atoms with Gasteiger partial charge in [-0.1, -0.05) is 48.0 Å². The van der Waals surface area contributed by atoms with Crippen molar-refractivity contribution in [3.63, 3.8) is 0 Å². The second kappa shape index (κ2) is 10.5. The number of nitrogens with two attached hydrogens (primary N) is 1. The van der Waals surface area contributed by atoms with E-state index >= 15 is 0 Å². The monoisotopic (exact) mass is 561 g/mol. The Balaban J connectivity index is 1.52. The molecule has 4 atom stereocenters. The maximum absolute atomic E-state index is 14.6. The van der Waals surface area contributed by atoms with E-state index in [1.165, 1.54) is 36.4 Å². The van der Waals surface area contributed by atoms with Crippen LogP contribution in [-0.2, 0) is 14.2 Å². The molecule has 0 radical (unpaired) electrons. The predicted octanol–water partition coefficient (Wildman–Crippen LogP) is 4.22. The minimum absolute atomic E-state index is 0.00724. The number of nitrogens with zero attached hydrogens (tertiary/aromatic N) is 4. The van der Waals surface area contributed by atoms with Gasteiger partial charge in [0.1, 0.15) is 30.2 Å². The van der Waals surface area contributed by atoms with Gasteiger partial charge < -0.3 is 19.9 Å². The number of carbonyl (C=O) groups is 2. The van der Waals surface area contributed by atoms with Crippen LogP contribution in [0.1, 0.15) is 26.9 Å². The number of rotatable bonds is 6. The molecule has 202 valence electrons. The lowest BCUT2D eigenvalue weighted by molar-refractivity contribution is -0.210. The Morgan fingerprint density at radius 2 is 1.62 bits per heavy atom. The van der Waals surface area contributed by atoms with E-state index in [0.717, 1.165) is 10.9 Å². The van der Waals surface area contributed by atoms with Crippen molar-refractivity contribution in [1.29, 1.82) is 0 Å². The first-order chi connectivity index (χ1) is 18.6. The molecular formula is C25H19ClF3N5O5. The Morgan fingerprint density at radius 3 is 2.23 bits per heavy atom. The number of alkyl halides is 3. The van der Waals surface area contributed by atoms with Gasteiger partial charge in [0, 0.05) is 0 Å². The zero-order valence-corrected chi connectivity index (χ0v) is 20.5. The highest BCUT2D eigenvalue weighted by atomic mass is 35.5. The van der Waals surface area contributed by atoms with Crippen molar-refractivity contribution >= 4 is 40.7 Å². The van der Waals surface area contributed by atoms with Crippen LogP contribution in [0, 0.1) is 5.92 Å². The smallest absolute Gasteiger partial charge is 0.399 e. The van der Waals surface area contributed by atoms with Crippen molar-refractivity contribution in [1.82, 2.24) is 19.5 Å². The Labute approximate surface area is 223 Å². The predicted molar refractivity (Wildman–Crippen MR) is 131 cm³/mol. The molecule has 3 heterocycles. The molecule has 0 unspecified atom stereocenters. The van der Waals surface area contributed by atoms with Crippen molar-refractivity contribution in [2.24, 2.45) is 5.92 Å². The molecule has 0 bridgehead atoms. The fourth-order valence-corrected chi connectivity index (χ4v) is 4.49. The van der Waals surface area contributed by atoms with E-state index < -0.39 is 49.1 Å². The molecule has 39 heavy (non-hydrogen) atoms. The van der Waals surface area contributed by atoms with Crippen LogP contribution in [0.15, 0.2) is 67.0 Å². The van der Waals surface area contributed by atoms with Gasteiger partial charge in [-0.2, -0.15) is 23.1 Å². The third kappa shape index (κ3) is 5.36. The van der Waals surface area contributed by atoms with E-state index in [1.807, 2.05) is 0 Å². The lowest BCUT2D eigenvalue weighted by Gasteiger charge is -2.26. The van der Waals surface area contributed by atoms with E-state index in [-0.39, 0.29) is 33.4 Å². The molecule has 2 aromatic heterocycles. The molecule has 1 fully saturated rings. The summed E-state index contributed by atoms with van der Waals surface area (Å²) in [6, 6.07) is 15.4. The van der Waals surface area contributed by atoms with E-state index in [4.69, 9.17) is 31.5 Å². The highest BCUT2D eigenvalue weighted by molar-refractivity contribution is 6.33. The van der Waals surface area contributed by atoms with E-state index in [1.54, 1.807) is 24.3 Å². The van der Waals surface area contributed by atoms with Gasteiger partial charge in [0.2, 0.25) is 5.95 Å². The largest absolute Gasteiger partial charge is 0.459 e. The summed E-state index contributed by atoms with van der Waals surface area (Å²) < 4.78 is 61.2. The number of carbonyl (C=O) groups excluding carboxylic acids is 2. The van der Waals surface area contributed by atoms with Gasteiger partial charge in [0.05, 0.1) is 17.5 Å². The van der Waals surface area contributed by atoms with Gasteiger partial charge in [0.15, 0.2) is 17.0 Å². The maximum Gasteiger partial charge on any atom is 0.399 e. The Morgan fingerprint density at radius 1 is 1.00 bits per heavy atom. The SMILES string of the molecule is Nc1nc(Cl)c2ncn([C@@H]3O[C@H](COC(=O)c4ccccc4)[C@@H](OC(=O)c4ccccc4)[C@H]3C(F)(F)F)c2n1. The average molecular weight is 562 g/mol. The van der Waals surface area contributed by atoms with Crippen LogP contribution in [0.3, 0.4) is 0 Å². The molecular weight excluding hydrogens is 543 g/mol. The lowest BCUT2D eigenvalue weighted by atomic mass is 9.98. The first-order valence-corrected chi connectivity index (χ1v) is 11.9. The van der Waals surface area contributed by atoms with Crippen molar-refractivity contribution in [2.45, 2.75) is 24.6 Å². The van der Waals surface area contributed by atoms with Crippen molar-refractivity contribution in [2.75, 3.05) is 12.3 Å². The highest BCUT2D eigenvalue weighted by Gasteiger charge is 2.61. The maximum atomic E-state index is 14.6. The van der Waals surface area contributed by atoms with Gasteiger partial charge in [-0.25, -0.2) is 14.6 Å². The molecule has 4 aromatic rings. The zero-order valence-electron chi connectivity index (χ0n) is 19.8. The molecule has 0 aliphatic carbocycles. The summed E-state index contributed by atoms with van der Waals surface area (Å²) in [4.78, 5) is 37.1. The standard InChI is InChI=1S/C25H19ClF3N5O5/c26-19-17-20(33-24(30)32-19)34(12-31-17)21-16(25(27,28)29)18(39-23(36)14-9-5-2-6-10-14)15(38-21)11-37-22(35)13-7-3-1-4-8-13/h1-10,12,15-16,18,21H,11H2,(H2,30,32,33)/t15-,16-,18-,21-/m1/s1. The number of halogens is 4. The topological polar surface area (TPSA) is 131 Å². The van der Waals surface area contributed by atoms with Crippen molar-refractivity contribution in [3.05, 3.63) is 83.3 Å². The summed E-state index contributed by atoms with van der Waals surface area (Å²) in [5.74, 6) is -4.50. The third-order valence-corrected chi connectivity index (χ3v) is 6.29. The molecule has 5 rings (SSSR count). The van der Waals surface area contributed by atoms with Gasteiger partial charge >= 0.3 is 18.1 Å². The van der Waals surface area contributed by atoms with Gasteiger partial charge in [-0.05, 0) is 24.3 Å². The normalized spacial score (nSPS) is 21.1. The number of esters is 2. The number of hydrogen-bond donors (Lipinski definition) is 1. The summed E-state index contributed by atoms with van der Waals surface area (Å²) in [5, 5.41) is -0.168. The molecule has 1 aliphatic heterocycles. The number of fused-ring (bicyclic) bond motifs is 1. The van der Waals surface area contributed by atoms with Gasteiger partial charge in [0.25, 0.3) is 0 Å². The van der Waals surface area contributed by atoms with Gasteiger partial charge in [-0.3, -0.25) is 4.57 Å². The van der Waals surface area contributed by atoms with Crippen LogP contribution in [0.2, 0.25) is 5.15 Å². The summed E-state index contributed by atoms with van der Waals surface area (Å²) >= 11 is 6.05. The van der Waals surface area contributed by atoms with E-state index in [9.17, 15) is 22.8 Å². The quantitative estimate of drug-likeness (QED) is 0.271. The number of anilines is 1. The van der Waals surface area contributed by atoms with Crippen molar-refractivity contribution < 1.29 is 37.0 Å². The minimum atomic E-state index is -4.94. The molecule has 1 aliphatic rings. The summed E-state index contributed by atoms with van der Waals surface area (Å²) in [5.41, 5.74) is 5.74. The molecule has 0 amide bonds. The van der Waals surface area contributed by atoms with Crippen LogP contribution in [0.25, 0.3) is 11.2 Å². The number of imidazole rings is 1. The highest BCUT2D eigenvalue weighted by Crippen LogP contribution is 2.47. The molecule has 0 saturated carbocycles. The number of aromatic nitrogens is 4. The van der Waals surface area contributed by atoms with Crippen LogP contribution in [0.4, 0.5) is 19.1 Å². The summed E-state index contributed by atoms with van der Waals surface area (Å²) in [7, 11) is 0. The van der Waals surface area contributed by atoms with Crippen LogP contribution < -0.4 is 5.73 Å². The van der Waals surface area contributed by atoms with Crippen LogP contribution >= 0.6 is 11.6 Å². The average Bonchev–Trinajstić information content (AvgIpc) is 3.49. The summed E-state index contributed by atoms with van der Waals surface area (Å²) in [6.45, 7) is -0.645. The summed E-state index contributed by atoms with van der Waals surface area (Å²) in [6.07, 6.45) is -9.13. The Hall–Kier alpha value is -4.23. The Kier molecular flexibility index (Phi) is 7.10. The van der Waals surface area contributed by atoms with Crippen molar-refractivity contribution in [3.8, 4) is 0 Å². The number of ether oxygens (including phenoxy) is 3. The molecule has 2 aromatic carbocycles. The molecule has 2 N–H and O–H groups in total. The lowest BCUT2D eigenvalue weighted by Crippen LogP contribution is -2.42. The fraction of sp³-hybridized carbons (Fsp3) is 0.240. The van der Waals surface area contributed by atoms with E-state index in [0.29, 0.717) is 0 Å². The van der Waals surface area contributed by atoms with E-state index in [2.05, 4.69) is 15.0 Å². The molecule has 10 nitrogen and oxygen atoms in total. The second-order valence-electron chi connectivity index (χ2n) is 8.53.